The molecule has 6 amide bonds. The number of Topliss-reactive ketones (excluding diaryl/α,β-unsaturated/α-hetero) is 1. The van der Waals surface area contributed by atoms with E-state index in [0.29, 0.717) is 13.0 Å². The summed E-state index contributed by atoms with van der Waals surface area (Å²) in [5.74, 6) is -2.69. The number of amides is 6. The van der Waals surface area contributed by atoms with Gasteiger partial charge in [-0.15, -0.1) is 0 Å². The monoisotopic (exact) mass is 620 g/mol. The summed E-state index contributed by atoms with van der Waals surface area (Å²) in [5, 5.41) is 8.51. The Balaban J connectivity index is 1.80. The number of ketones is 1. The van der Waals surface area contributed by atoms with Crippen LogP contribution in [0.3, 0.4) is 0 Å². The zero-order valence-electron chi connectivity index (χ0n) is 27.7. The smallest absolute Gasteiger partial charge is 0.409 e. The number of likely N-dealkylation sites (tertiary alicyclic amines) is 1. The fourth-order valence-electron chi connectivity index (χ4n) is 6.64. The topological polar surface area (TPSA) is 180 Å². The fourth-order valence-corrected chi connectivity index (χ4v) is 6.64. The van der Waals surface area contributed by atoms with Gasteiger partial charge in [-0.1, -0.05) is 67.7 Å². The van der Waals surface area contributed by atoms with Crippen molar-refractivity contribution in [3.63, 3.8) is 0 Å². The Morgan fingerprint density at radius 2 is 1.66 bits per heavy atom. The molecule has 0 spiro atoms. The van der Waals surface area contributed by atoms with E-state index >= 15 is 0 Å². The first-order valence-electron chi connectivity index (χ1n) is 15.6. The van der Waals surface area contributed by atoms with E-state index in [2.05, 4.69) is 29.8 Å². The van der Waals surface area contributed by atoms with Gasteiger partial charge in [-0.3, -0.25) is 19.2 Å². The summed E-state index contributed by atoms with van der Waals surface area (Å²) in [6, 6.07) is -3.89. The molecule has 6 atom stereocenters. The van der Waals surface area contributed by atoms with Crippen LogP contribution >= 0.6 is 0 Å². The fraction of sp³-hybridized carbons (Fsp3) is 0.806. The number of ether oxygens (including phenoxy) is 1. The molecule has 1 aliphatic heterocycles. The molecule has 1 heterocycles. The van der Waals surface area contributed by atoms with Crippen LogP contribution in [0.15, 0.2) is 0 Å². The lowest BCUT2D eigenvalue weighted by atomic mass is 9.80. The minimum Gasteiger partial charge on any atom is -0.453 e. The maximum atomic E-state index is 14.2. The molecule has 0 aromatic rings. The number of primary amides is 1. The first kappa shape index (κ1) is 35.1. The van der Waals surface area contributed by atoms with Gasteiger partial charge in [-0.05, 0) is 40.9 Å². The average Bonchev–Trinajstić information content (AvgIpc) is 3.22. The maximum Gasteiger partial charge on any atom is 0.409 e. The number of hydrogen-bond acceptors (Lipinski definition) is 7. The molecular weight excluding hydrogens is 568 g/mol. The Morgan fingerprint density at radius 3 is 2.14 bits per heavy atom. The summed E-state index contributed by atoms with van der Waals surface area (Å²) in [6.45, 7) is 13.9. The van der Waals surface area contributed by atoms with Crippen molar-refractivity contribution in [2.45, 2.75) is 98.3 Å². The summed E-state index contributed by atoms with van der Waals surface area (Å²) in [5.41, 5.74) is 4.41. The van der Waals surface area contributed by atoms with Crippen LogP contribution in [0, 0.1) is 34.5 Å². The first-order chi connectivity index (χ1) is 20.3. The van der Waals surface area contributed by atoms with Gasteiger partial charge in [0.25, 0.3) is 5.91 Å². The van der Waals surface area contributed by atoms with Crippen LogP contribution in [-0.4, -0.2) is 96.8 Å². The van der Waals surface area contributed by atoms with E-state index in [9.17, 15) is 28.8 Å². The second-order valence-electron chi connectivity index (χ2n) is 14.8. The van der Waals surface area contributed by atoms with Crippen LogP contribution < -0.4 is 21.7 Å². The molecule has 2 saturated carbocycles. The van der Waals surface area contributed by atoms with E-state index in [-0.39, 0.29) is 35.6 Å². The molecule has 1 saturated heterocycles. The Bertz CT molecular complexity index is 1140. The van der Waals surface area contributed by atoms with Crippen molar-refractivity contribution in [2.75, 3.05) is 27.2 Å². The predicted molar refractivity (Wildman–Crippen MR) is 163 cm³/mol. The highest BCUT2D eigenvalue weighted by Crippen LogP contribution is 2.65. The number of methoxy groups -OCH3 is 1. The number of nitrogens with zero attached hydrogens (tertiary/aromatic N) is 2. The van der Waals surface area contributed by atoms with E-state index in [1.54, 1.807) is 7.05 Å². The minimum absolute atomic E-state index is 0.0337. The number of urea groups is 1. The van der Waals surface area contributed by atoms with Crippen molar-refractivity contribution < 1.29 is 33.5 Å². The van der Waals surface area contributed by atoms with Crippen LogP contribution in [0.5, 0.6) is 0 Å². The highest BCUT2D eigenvalue weighted by Gasteiger charge is 2.70. The number of piperidine rings is 1. The van der Waals surface area contributed by atoms with Crippen LogP contribution in [0.4, 0.5) is 9.59 Å². The third kappa shape index (κ3) is 7.63. The summed E-state index contributed by atoms with van der Waals surface area (Å²) >= 11 is 0. The molecular formula is C31H52N6O7. The lowest BCUT2D eigenvalue weighted by molar-refractivity contribution is -0.145. The Kier molecular flexibility index (Phi) is 10.6. The van der Waals surface area contributed by atoms with Crippen molar-refractivity contribution in [3.8, 4) is 0 Å². The summed E-state index contributed by atoms with van der Waals surface area (Å²) in [6.07, 6.45) is 2.67. The Labute approximate surface area is 260 Å². The van der Waals surface area contributed by atoms with E-state index in [1.807, 2.05) is 34.6 Å². The lowest BCUT2D eigenvalue weighted by Crippen LogP contribution is -2.62. The van der Waals surface area contributed by atoms with Crippen molar-refractivity contribution in [2.24, 2.45) is 40.2 Å². The van der Waals surface area contributed by atoms with Gasteiger partial charge in [0.15, 0.2) is 0 Å². The summed E-state index contributed by atoms with van der Waals surface area (Å²) in [4.78, 5) is 80.6. The van der Waals surface area contributed by atoms with Crippen molar-refractivity contribution in [1.29, 1.82) is 0 Å². The molecule has 248 valence electrons. The molecule has 5 N–H and O–H groups in total. The second-order valence-corrected chi connectivity index (χ2v) is 14.8. The number of fused-ring (bicyclic) bond motifs is 1. The van der Waals surface area contributed by atoms with Gasteiger partial charge < -0.3 is 36.2 Å². The van der Waals surface area contributed by atoms with E-state index in [1.165, 1.54) is 16.9 Å². The number of carbonyl (C=O) groups excluding carboxylic acids is 6. The van der Waals surface area contributed by atoms with Crippen LogP contribution in [0.1, 0.15) is 74.1 Å². The standard InChI is InChI=1S/C31H52N6O7/c1-16(2)20(15-36(8)29(43)44-9)34-28(42)35-24(30(3,4)5)27(41)37-14-18-21(31(18,6)7)22(37)26(40)33-19(23(38)25(32)39)13-17-11-10-12-17/h16-22,24H,10-15H2,1-9H3,(H2,32,39)(H,33,40)(H2,34,35,42)/t18-,19?,20+,21-,22-,24+/m0/s1. The van der Waals surface area contributed by atoms with Gasteiger partial charge in [0, 0.05) is 20.1 Å². The van der Waals surface area contributed by atoms with Gasteiger partial charge in [0.2, 0.25) is 17.6 Å². The van der Waals surface area contributed by atoms with E-state index < -0.39 is 65.2 Å². The number of nitrogens with one attached hydrogen (secondary N) is 3. The zero-order chi connectivity index (χ0) is 33.3. The largest absolute Gasteiger partial charge is 0.453 e. The van der Waals surface area contributed by atoms with E-state index in [4.69, 9.17) is 10.5 Å². The van der Waals surface area contributed by atoms with Gasteiger partial charge in [0.05, 0.1) is 19.2 Å². The molecule has 3 rings (SSSR count). The minimum atomic E-state index is -1.10. The average molecular weight is 621 g/mol. The first-order valence-corrected chi connectivity index (χ1v) is 15.6. The highest BCUT2D eigenvalue weighted by molar-refractivity contribution is 6.37. The molecule has 1 unspecified atom stereocenters. The van der Waals surface area contributed by atoms with E-state index in [0.717, 1.165) is 19.3 Å². The number of hydrogen-bond donors (Lipinski definition) is 4. The molecule has 0 radical (unpaired) electrons. The van der Waals surface area contributed by atoms with Crippen LogP contribution in [-0.2, 0) is 23.9 Å². The highest BCUT2D eigenvalue weighted by atomic mass is 16.5. The summed E-state index contributed by atoms with van der Waals surface area (Å²) in [7, 11) is 2.85. The molecule has 2 aliphatic carbocycles. The predicted octanol–water partition coefficient (Wildman–Crippen LogP) is 1.64. The van der Waals surface area contributed by atoms with Gasteiger partial charge in [-0.25, -0.2) is 9.59 Å². The molecule has 0 aromatic heterocycles. The molecule has 0 aromatic carbocycles. The SMILES string of the molecule is COC(=O)N(C)C[C@@H](NC(=O)N[C@H](C(=O)N1C[C@H]2[C@@H]([C@H]1C(=O)NC(CC1CCC1)C(=O)C(N)=O)C2(C)C)C(C)(C)C)C(C)C. The maximum absolute atomic E-state index is 14.2. The van der Waals surface area contributed by atoms with Crippen molar-refractivity contribution in [1.82, 2.24) is 25.8 Å². The zero-order valence-corrected chi connectivity index (χ0v) is 27.7. The lowest BCUT2D eigenvalue weighted by Gasteiger charge is -2.38. The van der Waals surface area contributed by atoms with Gasteiger partial charge in [-0.2, -0.15) is 0 Å². The van der Waals surface area contributed by atoms with Crippen LogP contribution in [0.25, 0.3) is 0 Å². The molecule has 44 heavy (non-hydrogen) atoms. The Hall–Kier alpha value is -3.38. The molecule has 3 fully saturated rings. The quantitative estimate of drug-likeness (QED) is 0.239. The van der Waals surface area contributed by atoms with Crippen molar-refractivity contribution in [3.05, 3.63) is 0 Å². The number of likely N-dealkylation sites (N-methyl/N-ethyl adjacent to an activating group) is 1. The Morgan fingerprint density at radius 1 is 1.05 bits per heavy atom. The number of nitrogens with two attached hydrogens (primary N) is 1. The third-order valence-corrected chi connectivity index (χ3v) is 9.90. The van der Waals surface area contributed by atoms with Gasteiger partial charge >= 0.3 is 12.1 Å². The van der Waals surface area contributed by atoms with Crippen LogP contribution in [0.2, 0.25) is 0 Å². The number of carbonyl (C=O) groups is 6. The molecule has 13 nitrogen and oxygen atoms in total. The second kappa shape index (κ2) is 13.3. The van der Waals surface area contributed by atoms with Crippen molar-refractivity contribution >= 4 is 35.6 Å². The molecule has 0 bridgehead atoms. The number of rotatable bonds is 12. The normalized spacial score (nSPS) is 24.2. The third-order valence-electron chi connectivity index (χ3n) is 9.90. The van der Waals surface area contributed by atoms with Gasteiger partial charge in [0.1, 0.15) is 12.1 Å². The summed E-state index contributed by atoms with van der Waals surface area (Å²) < 4.78 is 4.76. The molecule has 3 aliphatic rings. The molecule has 13 heteroatoms.